The van der Waals surface area contributed by atoms with E-state index in [-0.39, 0.29) is 28.4 Å². The number of esters is 3. The van der Waals surface area contributed by atoms with Crippen LogP contribution in [0.15, 0.2) is 11.0 Å². The van der Waals surface area contributed by atoms with Gasteiger partial charge in [0.2, 0.25) is 12.2 Å². The summed E-state index contributed by atoms with van der Waals surface area (Å²) in [6.07, 6.45) is 0.0289. The molecule has 4 rings (SSSR count). The summed E-state index contributed by atoms with van der Waals surface area (Å²) in [5, 5.41) is 0. The largest absolute Gasteiger partial charge is 0.457 e. The highest BCUT2D eigenvalue weighted by atomic mass is 32.1. The van der Waals surface area contributed by atoms with Crippen LogP contribution in [0.2, 0.25) is 0 Å². The topological polar surface area (TPSA) is 171 Å². The minimum Gasteiger partial charge on any atom is -0.457 e. The maximum atomic E-state index is 12.5. The lowest BCUT2D eigenvalue weighted by Gasteiger charge is -2.30. The van der Waals surface area contributed by atoms with Crippen LogP contribution in [0.3, 0.4) is 0 Å². The van der Waals surface area contributed by atoms with Crippen molar-refractivity contribution >= 4 is 45.5 Å². The van der Waals surface area contributed by atoms with E-state index in [0.29, 0.717) is 10.3 Å². The fraction of sp³-hybridized carbons (Fsp3) is 0.704. The first-order chi connectivity index (χ1) is 19.0. The van der Waals surface area contributed by atoms with Crippen molar-refractivity contribution in [2.24, 2.45) is 10.8 Å². The molecule has 2 aliphatic rings. The van der Waals surface area contributed by atoms with Gasteiger partial charge in [-0.15, -0.1) is 0 Å². The summed E-state index contributed by atoms with van der Waals surface area (Å²) in [7, 11) is 0. The lowest BCUT2D eigenvalue weighted by molar-refractivity contribution is -0.195. The van der Waals surface area contributed by atoms with Gasteiger partial charge in [0.25, 0.3) is 0 Å². The molecule has 0 aliphatic carbocycles. The summed E-state index contributed by atoms with van der Waals surface area (Å²) < 4.78 is 29.6. The van der Waals surface area contributed by atoms with Crippen molar-refractivity contribution in [1.82, 2.24) is 14.5 Å². The van der Waals surface area contributed by atoms with E-state index in [0.717, 1.165) is 24.2 Å². The van der Waals surface area contributed by atoms with Gasteiger partial charge in [0.15, 0.2) is 24.1 Å². The van der Waals surface area contributed by atoms with Crippen LogP contribution in [-0.2, 0) is 38.1 Å². The first-order valence-corrected chi connectivity index (χ1v) is 14.3. The first-order valence-electron chi connectivity index (χ1n) is 13.5. The fourth-order valence-corrected chi connectivity index (χ4v) is 6.27. The van der Waals surface area contributed by atoms with Crippen LogP contribution in [0.25, 0.3) is 10.3 Å². The molecule has 4 heterocycles. The Labute approximate surface area is 242 Å². The number of anilines is 1. The predicted octanol–water partition coefficient (Wildman–Crippen LogP) is 3.34. The summed E-state index contributed by atoms with van der Waals surface area (Å²) >= 11 is 1.01. The van der Waals surface area contributed by atoms with Crippen molar-refractivity contribution < 1.29 is 38.1 Å². The second-order valence-electron chi connectivity index (χ2n) is 11.3. The van der Waals surface area contributed by atoms with Gasteiger partial charge in [-0.1, -0.05) is 52.9 Å². The highest BCUT2D eigenvalue weighted by molar-refractivity contribution is 7.16. The van der Waals surface area contributed by atoms with E-state index in [4.69, 9.17) is 29.4 Å². The molecule has 0 radical (unpaired) electrons. The predicted molar refractivity (Wildman–Crippen MR) is 150 cm³/mol. The lowest BCUT2D eigenvalue weighted by atomic mass is 9.81. The average molecular weight is 597 g/mol. The molecule has 0 saturated carbocycles. The summed E-state index contributed by atoms with van der Waals surface area (Å²) in [5.41, 5.74) is 5.24. The zero-order valence-electron chi connectivity index (χ0n) is 25.0. The van der Waals surface area contributed by atoms with Gasteiger partial charge >= 0.3 is 22.8 Å². The summed E-state index contributed by atoms with van der Waals surface area (Å²) in [6, 6.07) is 0. The zero-order valence-corrected chi connectivity index (χ0v) is 25.8. The van der Waals surface area contributed by atoms with E-state index in [1.165, 1.54) is 31.5 Å². The smallest absolute Gasteiger partial charge is 0.311 e. The molecule has 2 fully saturated rings. The Morgan fingerprint density at radius 2 is 1.44 bits per heavy atom. The number of fused-ring (bicyclic) bond motifs is 1. The molecule has 2 aromatic rings. The standard InChI is InChI=1S/C15H20N4O4S.C12H20O5/c1-5-9-15(3,4)10(22-7(2)20)12(23-9)19-11-8(24-14(19)21)6-17-13(16)18-11;1-6-9-12(4,5)10(15-7(2)13)11(17-9)16-8(3)14/h6,9-10,12H,5H2,1-4H3,(H2,16,17,18);9-11H,6H2,1-5H3/t9-,10+,12-;9-,10+,11-/m11/s1. The lowest BCUT2D eigenvalue weighted by Crippen LogP contribution is -2.40. The Kier molecular flexibility index (Phi) is 9.81. The summed E-state index contributed by atoms with van der Waals surface area (Å²) in [5.74, 6) is -1.19. The van der Waals surface area contributed by atoms with E-state index in [9.17, 15) is 19.2 Å². The number of nitrogens with zero attached hydrogens (tertiary/aromatic N) is 3. The van der Waals surface area contributed by atoms with Crippen LogP contribution in [0, 0.1) is 10.8 Å². The second-order valence-corrected chi connectivity index (χ2v) is 12.3. The zero-order chi connectivity index (χ0) is 30.9. The van der Waals surface area contributed by atoms with E-state index >= 15 is 0 Å². The van der Waals surface area contributed by atoms with Crippen LogP contribution >= 0.6 is 11.3 Å². The normalized spacial score (nSPS) is 28.0. The van der Waals surface area contributed by atoms with Crippen molar-refractivity contribution in [3.8, 4) is 0 Å². The molecule has 0 bridgehead atoms. The van der Waals surface area contributed by atoms with Gasteiger partial charge < -0.3 is 29.4 Å². The van der Waals surface area contributed by atoms with Crippen LogP contribution in [0.5, 0.6) is 0 Å². The minimum atomic E-state index is -0.809. The van der Waals surface area contributed by atoms with Gasteiger partial charge in [0, 0.05) is 31.6 Å². The van der Waals surface area contributed by atoms with Gasteiger partial charge in [-0.25, -0.2) is 4.98 Å². The molecule has 14 heteroatoms. The number of hydrogen-bond donors (Lipinski definition) is 1. The van der Waals surface area contributed by atoms with Crippen LogP contribution in [0.1, 0.15) is 81.4 Å². The Bertz CT molecular complexity index is 1340. The number of aromatic nitrogens is 3. The number of ether oxygens (including phenoxy) is 5. The van der Waals surface area contributed by atoms with E-state index in [2.05, 4.69) is 9.97 Å². The molecular weight excluding hydrogens is 556 g/mol. The van der Waals surface area contributed by atoms with Crippen LogP contribution < -0.4 is 10.6 Å². The third-order valence-electron chi connectivity index (χ3n) is 7.48. The Morgan fingerprint density at radius 1 is 0.927 bits per heavy atom. The van der Waals surface area contributed by atoms with Gasteiger partial charge in [0.05, 0.1) is 23.1 Å². The monoisotopic (exact) mass is 596 g/mol. The van der Waals surface area contributed by atoms with Gasteiger partial charge in [-0.05, 0) is 12.8 Å². The van der Waals surface area contributed by atoms with Crippen LogP contribution in [0.4, 0.5) is 5.95 Å². The molecule has 13 nitrogen and oxygen atoms in total. The molecule has 0 aromatic carbocycles. The Morgan fingerprint density at radius 3 is 1.98 bits per heavy atom. The Balaban J connectivity index is 0.000000241. The molecule has 0 amide bonds. The molecular formula is C27H40N4O9S. The van der Waals surface area contributed by atoms with Crippen molar-refractivity contribution in [2.45, 2.75) is 112 Å². The number of carbonyl (C=O) groups excluding carboxylic acids is 3. The molecule has 6 atom stereocenters. The van der Waals surface area contributed by atoms with E-state index < -0.39 is 48.0 Å². The molecule has 2 aromatic heterocycles. The van der Waals surface area contributed by atoms with Gasteiger partial charge in [-0.2, -0.15) is 4.98 Å². The molecule has 41 heavy (non-hydrogen) atoms. The molecule has 0 spiro atoms. The van der Waals surface area contributed by atoms with Crippen LogP contribution in [-0.4, -0.2) is 63.1 Å². The SMILES string of the molecule is CC[C@H]1O[C@@H](OC(C)=O)[C@H](OC(C)=O)C1(C)C.CC[C@H]1O[C@@H](n2c(=O)sc3cnc(N)nc32)[C@H](OC(C)=O)C1(C)C. The first kappa shape index (κ1) is 32.4. The number of nitrogens with two attached hydrogens (primary N) is 1. The number of hydrogen-bond acceptors (Lipinski definition) is 13. The summed E-state index contributed by atoms with van der Waals surface area (Å²) in [4.78, 5) is 54.0. The molecule has 2 saturated heterocycles. The number of carbonyl (C=O) groups is 3. The maximum Gasteiger partial charge on any atom is 0.311 e. The van der Waals surface area contributed by atoms with E-state index in [1.54, 1.807) is 0 Å². The second kappa shape index (κ2) is 12.4. The van der Waals surface area contributed by atoms with Crippen molar-refractivity contribution in [2.75, 3.05) is 5.73 Å². The van der Waals surface area contributed by atoms with Crippen molar-refractivity contribution in [3.05, 3.63) is 15.9 Å². The molecule has 228 valence electrons. The van der Waals surface area contributed by atoms with Crippen molar-refractivity contribution in [1.29, 1.82) is 0 Å². The number of rotatable bonds is 6. The average Bonchev–Trinajstić information content (AvgIpc) is 3.39. The number of thiazole rings is 1. The fourth-order valence-electron chi connectivity index (χ4n) is 5.45. The minimum absolute atomic E-state index is 0.0717. The summed E-state index contributed by atoms with van der Waals surface area (Å²) in [6.45, 7) is 15.8. The maximum absolute atomic E-state index is 12.5. The highest BCUT2D eigenvalue weighted by Gasteiger charge is 2.54. The molecule has 2 N–H and O–H groups in total. The number of nitrogen functional groups attached to an aromatic ring is 1. The van der Waals surface area contributed by atoms with Gasteiger partial charge in [0.1, 0.15) is 0 Å². The quantitative estimate of drug-likeness (QED) is 0.381. The van der Waals surface area contributed by atoms with Crippen molar-refractivity contribution in [3.63, 3.8) is 0 Å². The van der Waals surface area contributed by atoms with Gasteiger partial charge in [-0.3, -0.25) is 23.7 Å². The highest BCUT2D eigenvalue weighted by Crippen LogP contribution is 2.47. The third kappa shape index (κ3) is 6.70. The molecule has 0 unspecified atom stereocenters. The third-order valence-corrected chi connectivity index (χ3v) is 8.35. The Hall–Kier alpha value is -3.10. The van der Waals surface area contributed by atoms with E-state index in [1.807, 2.05) is 41.5 Å². The molecule has 2 aliphatic heterocycles.